The van der Waals surface area contributed by atoms with Gasteiger partial charge in [0.1, 0.15) is 10.6 Å². The highest BCUT2D eigenvalue weighted by Crippen LogP contribution is 2.34. The Balaban J connectivity index is 1.53. The Morgan fingerprint density at radius 3 is 2.77 bits per heavy atom. The Kier molecular flexibility index (Phi) is 6.00. The number of nitrogens with zero attached hydrogens (tertiary/aromatic N) is 3. The Labute approximate surface area is 209 Å². The van der Waals surface area contributed by atoms with Crippen molar-refractivity contribution in [3.8, 4) is 16.9 Å². The summed E-state index contributed by atoms with van der Waals surface area (Å²) in [5.74, 6) is 0.0192. The highest BCUT2D eigenvalue weighted by Gasteiger charge is 2.27. The second kappa shape index (κ2) is 9.13. The summed E-state index contributed by atoms with van der Waals surface area (Å²) in [5.41, 5.74) is 2.16. The maximum Gasteiger partial charge on any atom is 0.265 e. The SMILES string of the molecule is C=CCN1C(=O)COc2ccc(C(=O)C(C)n3cnc4scc(-c5ccc(Cl)cc5)c4c3=O)cc21. The summed E-state index contributed by atoms with van der Waals surface area (Å²) >= 11 is 7.38. The molecule has 0 saturated heterocycles. The van der Waals surface area contributed by atoms with Crippen LogP contribution in [-0.2, 0) is 4.79 Å². The molecule has 0 radical (unpaired) electrons. The lowest BCUT2D eigenvalue weighted by molar-refractivity contribution is -0.121. The summed E-state index contributed by atoms with van der Waals surface area (Å²) in [4.78, 5) is 45.8. The fraction of sp³-hybridized carbons (Fsp3) is 0.154. The highest BCUT2D eigenvalue weighted by molar-refractivity contribution is 7.17. The number of carbonyl (C=O) groups excluding carboxylic acids is 2. The van der Waals surface area contributed by atoms with Crippen molar-refractivity contribution < 1.29 is 14.3 Å². The molecule has 0 N–H and O–H groups in total. The Hall–Kier alpha value is -3.75. The third-order valence-electron chi connectivity index (χ3n) is 5.97. The molecule has 2 aromatic heterocycles. The van der Waals surface area contributed by atoms with E-state index in [4.69, 9.17) is 16.3 Å². The fourth-order valence-electron chi connectivity index (χ4n) is 4.12. The summed E-state index contributed by atoms with van der Waals surface area (Å²) < 4.78 is 6.85. The normalized spacial score (nSPS) is 13.9. The van der Waals surface area contributed by atoms with Gasteiger partial charge in [-0.1, -0.05) is 29.8 Å². The van der Waals surface area contributed by atoms with Gasteiger partial charge >= 0.3 is 0 Å². The quantitative estimate of drug-likeness (QED) is 0.268. The molecule has 1 aliphatic heterocycles. The van der Waals surface area contributed by atoms with Crippen LogP contribution >= 0.6 is 22.9 Å². The molecule has 9 heteroatoms. The first-order chi connectivity index (χ1) is 16.9. The number of benzene rings is 2. The van der Waals surface area contributed by atoms with Gasteiger partial charge in [-0.3, -0.25) is 19.0 Å². The van der Waals surface area contributed by atoms with Crippen LogP contribution in [0.3, 0.4) is 0 Å². The molecule has 3 heterocycles. The number of carbonyl (C=O) groups is 2. The summed E-state index contributed by atoms with van der Waals surface area (Å²) in [6.07, 6.45) is 3.02. The zero-order valence-corrected chi connectivity index (χ0v) is 20.3. The van der Waals surface area contributed by atoms with Crippen molar-refractivity contribution in [1.82, 2.24) is 9.55 Å². The van der Waals surface area contributed by atoms with Crippen LogP contribution in [0.5, 0.6) is 5.75 Å². The monoisotopic (exact) mass is 505 g/mol. The summed E-state index contributed by atoms with van der Waals surface area (Å²) in [6, 6.07) is 11.3. The molecule has 35 heavy (non-hydrogen) atoms. The zero-order valence-electron chi connectivity index (χ0n) is 18.7. The lowest BCUT2D eigenvalue weighted by Crippen LogP contribution is -2.39. The van der Waals surface area contributed by atoms with Gasteiger partial charge in [0, 0.05) is 28.1 Å². The van der Waals surface area contributed by atoms with E-state index in [1.54, 1.807) is 43.3 Å². The fourth-order valence-corrected chi connectivity index (χ4v) is 5.15. The second-order valence-electron chi connectivity index (χ2n) is 8.10. The molecule has 2 aromatic carbocycles. The Morgan fingerprint density at radius 1 is 1.26 bits per heavy atom. The molecule has 176 valence electrons. The van der Waals surface area contributed by atoms with Crippen molar-refractivity contribution in [2.24, 2.45) is 0 Å². The number of ketones is 1. The Bertz CT molecular complexity index is 1540. The lowest BCUT2D eigenvalue weighted by Gasteiger charge is -2.29. The molecule has 1 unspecified atom stereocenters. The lowest BCUT2D eigenvalue weighted by atomic mass is 10.0. The van der Waals surface area contributed by atoms with E-state index in [0.29, 0.717) is 38.8 Å². The minimum absolute atomic E-state index is 0.0673. The van der Waals surface area contributed by atoms with Gasteiger partial charge in [0.2, 0.25) is 0 Å². The topological polar surface area (TPSA) is 81.5 Å². The minimum atomic E-state index is -0.816. The maximum absolute atomic E-state index is 13.5. The van der Waals surface area contributed by atoms with E-state index in [1.807, 2.05) is 17.5 Å². The van der Waals surface area contributed by atoms with Crippen LogP contribution in [0.15, 0.2) is 71.6 Å². The standard InChI is InChI=1S/C26H20ClN3O4S/c1-3-10-29-20-11-17(6-9-21(20)34-12-22(29)31)24(32)15(2)30-14-28-25-23(26(30)33)19(13-35-25)16-4-7-18(27)8-5-16/h3-9,11,13-15H,1,10,12H2,2H3. The van der Waals surface area contributed by atoms with Gasteiger partial charge < -0.3 is 9.64 Å². The first-order valence-electron chi connectivity index (χ1n) is 10.9. The number of thiophene rings is 1. The van der Waals surface area contributed by atoms with Crippen LogP contribution in [0, 0.1) is 0 Å². The largest absolute Gasteiger partial charge is 0.482 e. The number of Topliss-reactive ketones (excluding diaryl/α,β-unsaturated/α-hetero) is 1. The molecule has 0 fully saturated rings. The van der Waals surface area contributed by atoms with Gasteiger partial charge in [0.15, 0.2) is 12.4 Å². The number of hydrogen-bond donors (Lipinski definition) is 0. The average Bonchev–Trinajstić information content (AvgIpc) is 3.30. The molecule has 5 rings (SSSR count). The smallest absolute Gasteiger partial charge is 0.265 e. The van der Waals surface area contributed by atoms with Crippen LogP contribution in [0.2, 0.25) is 5.02 Å². The van der Waals surface area contributed by atoms with E-state index in [9.17, 15) is 14.4 Å². The zero-order chi connectivity index (χ0) is 24.7. The number of ether oxygens (including phenoxy) is 1. The number of rotatable bonds is 6. The molecule has 0 aliphatic carbocycles. The molecule has 0 saturated carbocycles. The third-order valence-corrected chi connectivity index (χ3v) is 7.11. The number of hydrogen-bond acceptors (Lipinski definition) is 6. The molecular formula is C26H20ClN3O4S. The molecular weight excluding hydrogens is 486 g/mol. The van der Waals surface area contributed by atoms with Crippen molar-refractivity contribution in [1.29, 1.82) is 0 Å². The van der Waals surface area contributed by atoms with Gasteiger partial charge in [0.25, 0.3) is 11.5 Å². The third kappa shape index (κ3) is 4.05. The van der Waals surface area contributed by atoms with Gasteiger partial charge in [-0.2, -0.15) is 0 Å². The summed E-state index contributed by atoms with van der Waals surface area (Å²) in [7, 11) is 0. The summed E-state index contributed by atoms with van der Waals surface area (Å²) in [6.45, 7) is 5.59. The number of amides is 1. The van der Waals surface area contributed by atoms with Gasteiger partial charge in [-0.15, -0.1) is 17.9 Å². The number of aromatic nitrogens is 2. The van der Waals surface area contributed by atoms with E-state index in [0.717, 1.165) is 11.1 Å². The minimum Gasteiger partial charge on any atom is -0.482 e. The molecule has 4 aromatic rings. The van der Waals surface area contributed by atoms with Crippen LogP contribution in [0.4, 0.5) is 5.69 Å². The van der Waals surface area contributed by atoms with Crippen molar-refractivity contribution in [3.05, 3.63) is 87.8 Å². The van der Waals surface area contributed by atoms with Gasteiger partial charge in [-0.25, -0.2) is 4.98 Å². The number of anilines is 1. The van der Waals surface area contributed by atoms with E-state index >= 15 is 0 Å². The van der Waals surface area contributed by atoms with Crippen molar-refractivity contribution >= 4 is 50.5 Å². The molecule has 1 atom stereocenters. The van der Waals surface area contributed by atoms with Gasteiger partial charge in [-0.05, 0) is 42.8 Å². The van der Waals surface area contributed by atoms with Crippen LogP contribution < -0.4 is 15.2 Å². The second-order valence-corrected chi connectivity index (χ2v) is 9.39. The Morgan fingerprint density at radius 2 is 2.03 bits per heavy atom. The first kappa shape index (κ1) is 23.0. The average molecular weight is 506 g/mol. The predicted molar refractivity (Wildman–Crippen MR) is 138 cm³/mol. The first-order valence-corrected chi connectivity index (χ1v) is 12.1. The van der Waals surface area contributed by atoms with E-state index in [1.165, 1.54) is 27.1 Å². The molecule has 7 nitrogen and oxygen atoms in total. The van der Waals surface area contributed by atoms with Crippen molar-refractivity contribution in [3.63, 3.8) is 0 Å². The number of fused-ring (bicyclic) bond motifs is 2. The summed E-state index contributed by atoms with van der Waals surface area (Å²) in [5, 5.41) is 2.95. The van der Waals surface area contributed by atoms with E-state index in [-0.39, 0.29) is 23.9 Å². The van der Waals surface area contributed by atoms with E-state index in [2.05, 4.69) is 11.6 Å². The molecule has 0 spiro atoms. The van der Waals surface area contributed by atoms with E-state index < -0.39 is 6.04 Å². The molecule has 1 amide bonds. The predicted octanol–water partition coefficient (Wildman–Crippen LogP) is 5.13. The van der Waals surface area contributed by atoms with Crippen molar-refractivity contribution in [2.45, 2.75) is 13.0 Å². The number of halogens is 1. The molecule has 1 aliphatic rings. The van der Waals surface area contributed by atoms with Crippen LogP contribution in [0.25, 0.3) is 21.3 Å². The maximum atomic E-state index is 13.5. The van der Waals surface area contributed by atoms with Crippen LogP contribution in [0.1, 0.15) is 23.3 Å². The van der Waals surface area contributed by atoms with Gasteiger partial charge in [0.05, 0.1) is 23.4 Å². The molecule has 0 bridgehead atoms. The van der Waals surface area contributed by atoms with Crippen molar-refractivity contribution in [2.75, 3.05) is 18.1 Å². The van der Waals surface area contributed by atoms with Crippen LogP contribution in [-0.4, -0.2) is 34.4 Å². The highest BCUT2D eigenvalue weighted by atomic mass is 35.5.